The fourth-order valence-electron chi connectivity index (χ4n) is 1.80. The van der Waals surface area contributed by atoms with Gasteiger partial charge in [-0.1, -0.05) is 5.16 Å². The SMILES string of the molecule is Cc1cc(C(=O)Nc2ccnn2Cc2cc(Br)cs2)on1. The molecule has 3 rings (SSSR count). The molecule has 3 aromatic heterocycles. The van der Waals surface area contributed by atoms with E-state index in [1.54, 1.807) is 41.3 Å². The Morgan fingerprint density at radius 3 is 3.05 bits per heavy atom. The lowest BCUT2D eigenvalue weighted by Crippen LogP contribution is -2.15. The van der Waals surface area contributed by atoms with E-state index >= 15 is 0 Å². The van der Waals surface area contributed by atoms with Crippen LogP contribution in [-0.2, 0) is 6.54 Å². The van der Waals surface area contributed by atoms with Crippen LogP contribution < -0.4 is 5.32 Å². The van der Waals surface area contributed by atoms with Crippen molar-refractivity contribution in [3.63, 3.8) is 0 Å². The van der Waals surface area contributed by atoms with Gasteiger partial charge in [0.1, 0.15) is 5.82 Å². The first-order chi connectivity index (χ1) is 10.1. The Hall–Kier alpha value is -1.93. The number of nitrogens with zero attached hydrogens (tertiary/aromatic N) is 3. The first-order valence-corrected chi connectivity index (χ1v) is 7.78. The number of hydrogen-bond acceptors (Lipinski definition) is 5. The van der Waals surface area contributed by atoms with Gasteiger partial charge in [0.2, 0.25) is 5.76 Å². The van der Waals surface area contributed by atoms with Crippen LogP contribution in [0.3, 0.4) is 0 Å². The standard InChI is InChI=1S/C13H11BrN4O2S/c1-8-4-11(20-17-8)13(19)16-12-2-3-15-18(12)6-10-5-9(14)7-21-10/h2-5,7H,6H2,1H3,(H,16,19). The highest BCUT2D eigenvalue weighted by Crippen LogP contribution is 2.21. The van der Waals surface area contributed by atoms with Crippen LogP contribution in [0.4, 0.5) is 5.82 Å². The molecule has 0 bridgehead atoms. The molecule has 1 amide bonds. The molecule has 0 fully saturated rings. The molecule has 8 heteroatoms. The summed E-state index contributed by atoms with van der Waals surface area (Å²) in [5.74, 6) is 0.447. The molecule has 0 aliphatic rings. The van der Waals surface area contributed by atoms with Crippen LogP contribution in [0.15, 0.2) is 38.8 Å². The molecule has 3 aromatic rings. The number of carbonyl (C=O) groups is 1. The first-order valence-electron chi connectivity index (χ1n) is 6.11. The molecule has 3 heterocycles. The van der Waals surface area contributed by atoms with Crippen molar-refractivity contribution in [1.29, 1.82) is 0 Å². The molecule has 0 saturated carbocycles. The van der Waals surface area contributed by atoms with Gasteiger partial charge in [-0.05, 0) is 28.9 Å². The maximum Gasteiger partial charge on any atom is 0.295 e. The molecule has 0 atom stereocenters. The van der Waals surface area contributed by atoms with Crippen LogP contribution in [0.2, 0.25) is 0 Å². The lowest BCUT2D eigenvalue weighted by atomic mass is 10.3. The lowest BCUT2D eigenvalue weighted by Gasteiger charge is -2.06. The third-order valence-electron chi connectivity index (χ3n) is 2.74. The van der Waals surface area contributed by atoms with E-state index in [1.807, 2.05) is 11.4 Å². The summed E-state index contributed by atoms with van der Waals surface area (Å²) < 4.78 is 7.70. The van der Waals surface area contributed by atoms with Crippen molar-refractivity contribution < 1.29 is 9.32 Å². The summed E-state index contributed by atoms with van der Waals surface area (Å²) in [6.45, 7) is 2.35. The topological polar surface area (TPSA) is 73.0 Å². The van der Waals surface area contributed by atoms with Crippen molar-refractivity contribution >= 4 is 39.0 Å². The van der Waals surface area contributed by atoms with Crippen LogP contribution >= 0.6 is 27.3 Å². The van der Waals surface area contributed by atoms with E-state index in [0.29, 0.717) is 18.1 Å². The number of rotatable bonds is 4. The number of anilines is 1. The molecule has 6 nitrogen and oxygen atoms in total. The molecule has 0 aromatic carbocycles. The van der Waals surface area contributed by atoms with E-state index < -0.39 is 0 Å². The van der Waals surface area contributed by atoms with Gasteiger partial charge >= 0.3 is 0 Å². The average molecular weight is 367 g/mol. The lowest BCUT2D eigenvalue weighted by molar-refractivity contribution is 0.0987. The smallest absolute Gasteiger partial charge is 0.295 e. The highest BCUT2D eigenvalue weighted by Gasteiger charge is 2.14. The van der Waals surface area contributed by atoms with Crippen LogP contribution in [0, 0.1) is 6.92 Å². The minimum absolute atomic E-state index is 0.180. The van der Waals surface area contributed by atoms with E-state index in [9.17, 15) is 4.79 Å². The zero-order chi connectivity index (χ0) is 14.8. The Morgan fingerprint density at radius 2 is 2.38 bits per heavy atom. The predicted octanol–water partition coefficient (Wildman–Crippen LogP) is 3.30. The number of halogens is 1. The predicted molar refractivity (Wildman–Crippen MR) is 82.5 cm³/mol. The van der Waals surface area contributed by atoms with Crippen molar-refractivity contribution in [2.24, 2.45) is 0 Å². The molecule has 0 unspecified atom stereocenters. The number of hydrogen-bond donors (Lipinski definition) is 1. The number of carbonyl (C=O) groups excluding carboxylic acids is 1. The van der Waals surface area contributed by atoms with Crippen LogP contribution in [0.25, 0.3) is 0 Å². The zero-order valence-corrected chi connectivity index (χ0v) is 13.4. The van der Waals surface area contributed by atoms with Gasteiger partial charge in [-0.3, -0.25) is 4.79 Å². The second-order valence-electron chi connectivity index (χ2n) is 4.39. The molecule has 0 radical (unpaired) electrons. The highest BCUT2D eigenvalue weighted by molar-refractivity contribution is 9.10. The number of nitrogens with one attached hydrogen (secondary N) is 1. The quantitative estimate of drug-likeness (QED) is 0.768. The molecule has 0 aliphatic heterocycles. The number of amides is 1. The minimum Gasteiger partial charge on any atom is -0.351 e. The van der Waals surface area contributed by atoms with E-state index in [0.717, 1.165) is 9.35 Å². The van der Waals surface area contributed by atoms with Gasteiger partial charge in [-0.25, -0.2) is 4.68 Å². The van der Waals surface area contributed by atoms with Gasteiger partial charge in [0, 0.05) is 26.9 Å². The van der Waals surface area contributed by atoms with Gasteiger partial charge in [-0.2, -0.15) is 5.10 Å². The fourth-order valence-corrected chi connectivity index (χ4v) is 3.23. The summed E-state index contributed by atoms with van der Waals surface area (Å²) in [5, 5.41) is 12.7. The fraction of sp³-hybridized carbons (Fsp3) is 0.154. The maximum absolute atomic E-state index is 12.0. The summed E-state index contributed by atoms with van der Waals surface area (Å²) in [6.07, 6.45) is 1.64. The van der Waals surface area contributed by atoms with Crippen molar-refractivity contribution in [3.8, 4) is 0 Å². The molecular weight excluding hydrogens is 356 g/mol. The second-order valence-corrected chi connectivity index (χ2v) is 6.30. The van der Waals surface area contributed by atoms with Crippen LogP contribution in [0.5, 0.6) is 0 Å². The average Bonchev–Trinajstić information content (AvgIpc) is 3.14. The largest absolute Gasteiger partial charge is 0.351 e. The minimum atomic E-state index is -0.343. The summed E-state index contributed by atoms with van der Waals surface area (Å²) in [6, 6.07) is 5.36. The normalized spacial score (nSPS) is 10.8. The summed E-state index contributed by atoms with van der Waals surface area (Å²) >= 11 is 5.05. The Bertz CT molecular complexity index is 777. The van der Waals surface area contributed by atoms with Gasteiger partial charge < -0.3 is 9.84 Å². The van der Waals surface area contributed by atoms with Gasteiger partial charge in [0.05, 0.1) is 18.4 Å². The number of aryl methyl sites for hydroxylation is 1. The summed E-state index contributed by atoms with van der Waals surface area (Å²) in [4.78, 5) is 13.2. The maximum atomic E-state index is 12.0. The molecule has 0 spiro atoms. The van der Waals surface area contributed by atoms with Crippen molar-refractivity contribution in [1.82, 2.24) is 14.9 Å². The molecule has 1 N–H and O–H groups in total. The number of aromatic nitrogens is 3. The first kappa shape index (κ1) is 14.0. The molecule has 0 aliphatic carbocycles. The zero-order valence-electron chi connectivity index (χ0n) is 11.0. The van der Waals surface area contributed by atoms with E-state index in [1.165, 1.54) is 0 Å². The van der Waals surface area contributed by atoms with Gasteiger partial charge in [0.15, 0.2) is 0 Å². The van der Waals surface area contributed by atoms with Gasteiger partial charge in [-0.15, -0.1) is 11.3 Å². The van der Waals surface area contributed by atoms with E-state index in [2.05, 4.69) is 31.5 Å². The molecule has 0 saturated heterocycles. The molecule has 21 heavy (non-hydrogen) atoms. The van der Waals surface area contributed by atoms with Crippen LogP contribution in [-0.4, -0.2) is 20.8 Å². The van der Waals surface area contributed by atoms with E-state index in [-0.39, 0.29) is 11.7 Å². The Morgan fingerprint density at radius 1 is 1.52 bits per heavy atom. The number of thiophene rings is 1. The Kier molecular flexibility index (Phi) is 3.89. The van der Waals surface area contributed by atoms with Crippen molar-refractivity contribution in [2.45, 2.75) is 13.5 Å². The Labute approximate surface area is 132 Å². The van der Waals surface area contributed by atoms with Crippen molar-refractivity contribution in [3.05, 3.63) is 50.6 Å². The monoisotopic (exact) mass is 366 g/mol. The third kappa shape index (κ3) is 3.22. The molecular formula is C13H11BrN4O2S. The second kappa shape index (κ2) is 5.82. The third-order valence-corrected chi connectivity index (χ3v) is 4.42. The van der Waals surface area contributed by atoms with Crippen molar-refractivity contribution in [2.75, 3.05) is 5.32 Å². The van der Waals surface area contributed by atoms with Crippen LogP contribution in [0.1, 0.15) is 21.1 Å². The van der Waals surface area contributed by atoms with Gasteiger partial charge in [0.25, 0.3) is 5.91 Å². The highest BCUT2D eigenvalue weighted by atomic mass is 79.9. The summed E-state index contributed by atoms with van der Waals surface area (Å²) in [5.41, 5.74) is 0.664. The molecule has 108 valence electrons. The van der Waals surface area contributed by atoms with E-state index in [4.69, 9.17) is 4.52 Å². The Balaban J connectivity index is 1.74. The summed E-state index contributed by atoms with van der Waals surface area (Å²) in [7, 11) is 0.